The highest BCUT2D eigenvalue weighted by molar-refractivity contribution is 6.05. The minimum absolute atomic E-state index is 0.192. The Kier molecular flexibility index (Phi) is 5.91. The number of phenolic OH excluding ortho intramolecular Hbond substituents is 2. The fraction of sp³-hybridized carbons (Fsp3) is 0.0909. The Morgan fingerprint density at radius 1 is 1.04 bits per heavy atom. The summed E-state index contributed by atoms with van der Waals surface area (Å²) in [6.07, 6.45) is 1.54. The van der Waals surface area contributed by atoms with Gasteiger partial charge in [-0.05, 0) is 61.0 Å². The third-order valence-electron chi connectivity index (χ3n) is 3.91. The van der Waals surface area contributed by atoms with E-state index in [1.807, 2.05) is 19.1 Å². The molecule has 0 radical (unpaired) electrons. The maximum atomic E-state index is 12.6. The van der Waals surface area contributed by atoms with Gasteiger partial charge in [-0.3, -0.25) is 9.79 Å². The molecule has 0 spiro atoms. The zero-order valence-electron chi connectivity index (χ0n) is 15.3. The molecular weight excluding hydrogens is 356 g/mol. The Labute approximate surface area is 162 Å². The van der Waals surface area contributed by atoms with Gasteiger partial charge in [0, 0.05) is 11.8 Å². The van der Waals surface area contributed by atoms with Crippen LogP contribution in [-0.4, -0.2) is 28.9 Å². The standard InChI is InChI=1S/C22H20N2O4/c1-2-28-21-9-4-3-8-18(21)24-22(27)16-6-5-7-17(13-16)23-14-15-10-11-19(25)20(26)12-15/h3-14,25-26H,2H2,1H3,(H,24,27). The molecule has 0 aliphatic heterocycles. The largest absolute Gasteiger partial charge is 0.504 e. The zero-order chi connectivity index (χ0) is 19.9. The molecule has 0 aliphatic carbocycles. The van der Waals surface area contributed by atoms with Crippen LogP contribution in [0.25, 0.3) is 0 Å². The predicted octanol–water partition coefficient (Wildman–Crippen LogP) is 4.50. The number of aliphatic imine (C=N–C) groups is 1. The highest BCUT2D eigenvalue weighted by atomic mass is 16.5. The summed E-state index contributed by atoms with van der Waals surface area (Å²) in [5.41, 5.74) is 2.26. The van der Waals surface area contributed by atoms with Gasteiger partial charge in [-0.1, -0.05) is 18.2 Å². The lowest BCUT2D eigenvalue weighted by atomic mass is 10.1. The monoisotopic (exact) mass is 376 g/mol. The third kappa shape index (κ3) is 4.67. The number of anilines is 1. The highest BCUT2D eigenvalue weighted by Gasteiger charge is 2.10. The molecule has 3 N–H and O–H groups in total. The van der Waals surface area contributed by atoms with Gasteiger partial charge in [0.1, 0.15) is 5.75 Å². The van der Waals surface area contributed by atoms with Crippen molar-refractivity contribution in [1.82, 2.24) is 0 Å². The first kappa shape index (κ1) is 19.0. The summed E-state index contributed by atoms with van der Waals surface area (Å²) in [4.78, 5) is 16.9. The number of hydrogen-bond acceptors (Lipinski definition) is 5. The summed E-state index contributed by atoms with van der Waals surface area (Å²) in [5.74, 6) is -0.0701. The van der Waals surface area contributed by atoms with Crippen molar-refractivity contribution in [3.63, 3.8) is 0 Å². The SMILES string of the molecule is CCOc1ccccc1NC(=O)c1cccc(N=Cc2ccc(O)c(O)c2)c1. The molecule has 6 nitrogen and oxygen atoms in total. The lowest BCUT2D eigenvalue weighted by molar-refractivity contribution is 0.102. The lowest BCUT2D eigenvalue weighted by Gasteiger charge is -2.11. The van der Waals surface area contributed by atoms with Crippen LogP contribution in [0.1, 0.15) is 22.8 Å². The minimum Gasteiger partial charge on any atom is -0.504 e. The number of ether oxygens (including phenoxy) is 1. The van der Waals surface area contributed by atoms with Crippen LogP contribution in [0.3, 0.4) is 0 Å². The van der Waals surface area contributed by atoms with Gasteiger partial charge in [0.2, 0.25) is 0 Å². The molecule has 3 aromatic rings. The van der Waals surface area contributed by atoms with Crippen molar-refractivity contribution in [2.45, 2.75) is 6.92 Å². The van der Waals surface area contributed by atoms with Crippen molar-refractivity contribution in [2.24, 2.45) is 4.99 Å². The summed E-state index contributed by atoms with van der Waals surface area (Å²) in [6.45, 7) is 2.39. The number of carbonyl (C=O) groups excluding carboxylic acids is 1. The smallest absolute Gasteiger partial charge is 0.255 e. The van der Waals surface area contributed by atoms with Gasteiger partial charge in [0.25, 0.3) is 5.91 Å². The van der Waals surface area contributed by atoms with E-state index in [4.69, 9.17) is 4.74 Å². The van der Waals surface area contributed by atoms with Crippen LogP contribution in [0.2, 0.25) is 0 Å². The fourth-order valence-electron chi connectivity index (χ4n) is 2.54. The summed E-state index contributed by atoms with van der Waals surface area (Å²) < 4.78 is 5.53. The van der Waals surface area contributed by atoms with Gasteiger partial charge in [0.05, 0.1) is 18.0 Å². The number of aromatic hydroxyl groups is 2. The topological polar surface area (TPSA) is 91.2 Å². The Bertz CT molecular complexity index is 1010. The molecule has 142 valence electrons. The second-order valence-electron chi connectivity index (χ2n) is 5.94. The number of phenols is 2. The third-order valence-corrected chi connectivity index (χ3v) is 3.91. The number of nitrogens with one attached hydrogen (secondary N) is 1. The number of carbonyl (C=O) groups is 1. The van der Waals surface area contributed by atoms with E-state index in [2.05, 4.69) is 10.3 Å². The number of hydrogen-bond donors (Lipinski definition) is 3. The minimum atomic E-state index is -0.272. The van der Waals surface area contributed by atoms with Crippen molar-refractivity contribution in [3.05, 3.63) is 77.9 Å². The molecule has 0 bridgehead atoms. The normalized spacial score (nSPS) is 10.8. The Morgan fingerprint density at radius 2 is 1.86 bits per heavy atom. The van der Waals surface area contributed by atoms with E-state index in [1.54, 1.807) is 48.7 Å². The van der Waals surface area contributed by atoms with Gasteiger partial charge in [-0.25, -0.2) is 0 Å². The summed E-state index contributed by atoms with van der Waals surface area (Å²) in [7, 11) is 0. The van der Waals surface area contributed by atoms with E-state index in [9.17, 15) is 15.0 Å². The molecule has 1 amide bonds. The quantitative estimate of drug-likeness (QED) is 0.436. The maximum Gasteiger partial charge on any atom is 0.255 e. The number of para-hydroxylation sites is 2. The van der Waals surface area contributed by atoms with Crippen LogP contribution in [0.15, 0.2) is 71.7 Å². The van der Waals surface area contributed by atoms with Crippen molar-refractivity contribution >= 4 is 23.5 Å². The van der Waals surface area contributed by atoms with Gasteiger partial charge >= 0.3 is 0 Å². The van der Waals surface area contributed by atoms with E-state index < -0.39 is 0 Å². The number of rotatable bonds is 6. The molecule has 28 heavy (non-hydrogen) atoms. The average molecular weight is 376 g/mol. The predicted molar refractivity (Wildman–Crippen MR) is 109 cm³/mol. The second kappa shape index (κ2) is 8.73. The van der Waals surface area contributed by atoms with E-state index in [0.29, 0.717) is 34.9 Å². The van der Waals surface area contributed by atoms with Crippen LogP contribution in [-0.2, 0) is 0 Å². The highest BCUT2D eigenvalue weighted by Crippen LogP contribution is 2.26. The van der Waals surface area contributed by atoms with Gasteiger partial charge < -0.3 is 20.3 Å². The lowest BCUT2D eigenvalue weighted by Crippen LogP contribution is -2.12. The molecule has 6 heteroatoms. The van der Waals surface area contributed by atoms with Gasteiger partial charge in [-0.15, -0.1) is 0 Å². The van der Waals surface area contributed by atoms with Crippen LogP contribution in [0.5, 0.6) is 17.2 Å². The fourth-order valence-corrected chi connectivity index (χ4v) is 2.54. The van der Waals surface area contributed by atoms with Crippen LogP contribution >= 0.6 is 0 Å². The van der Waals surface area contributed by atoms with E-state index in [-0.39, 0.29) is 17.4 Å². The molecular formula is C22H20N2O4. The van der Waals surface area contributed by atoms with Crippen molar-refractivity contribution in [2.75, 3.05) is 11.9 Å². The van der Waals surface area contributed by atoms with E-state index in [0.717, 1.165) is 0 Å². The summed E-state index contributed by atoms with van der Waals surface area (Å²) >= 11 is 0. The molecule has 0 atom stereocenters. The molecule has 0 fully saturated rings. The zero-order valence-corrected chi connectivity index (χ0v) is 15.3. The first-order chi connectivity index (χ1) is 13.6. The van der Waals surface area contributed by atoms with Crippen LogP contribution in [0, 0.1) is 0 Å². The average Bonchev–Trinajstić information content (AvgIpc) is 2.71. The molecule has 0 aromatic heterocycles. The van der Waals surface area contributed by atoms with Crippen molar-refractivity contribution in [1.29, 1.82) is 0 Å². The molecule has 0 aliphatic rings. The Hall–Kier alpha value is -3.80. The first-order valence-corrected chi connectivity index (χ1v) is 8.76. The first-order valence-electron chi connectivity index (χ1n) is 8.76. The van der Waals surface area contributed by atoms with Crippen molar-refractivity contribution in [3.8, 4) is 17.2 Å². The molecule has 0 unspecified atom stereocenters. The van der Waals surface area contributed by atoms with E-state index >= 15 is 0 Å². The second-order valence-corrected chi connectivity index (χ2v) is 5.94. The van der Waals surface area contributed by atoms with Crippen LogP contribution < -0.4 is 10.1 Å². The number of benzene rings is 3. The Balaban J connectivity index is 1.76. The molecule has 0 heterocycles. The molecule has 0 saturated carbocycles. The number of nitrogens with zero attached hydrogens (tertiary/aromatic N) is 1. The van der Waals surface area contributed by atoms with Gasteiger partial charge in [-0.2, -0.15) is 0 Å². The van der Waals surface area contributed by atoms with Crippen molar-refractivity contribution < 1.29 is 19.7 Å². The maximum absolute atomic E-state index is 12.6. The van der Waals surface area contributed by atoms with Gasteiger partial charge in [0.15, 0.2) is 11.5 Å². The number of amides is 1. The van der Waals surface area contributed by atoms with Crippen LogP contribution in [0.4, 0.5) is 11.4 Å². The molecule has 0 saturated heterocycles. The Morgan fingerprint density at radius 3 is 2.64 bits per heavy atom. The van der Waals surface area contributed by atoms with E-state index in [1.165, 1.54) is 12.1 Å². The molecule has 3 aromatic carbocycles. The molecule has 3 rings (SSSR count). The summed E-state index contributed by atoms with van der Waals surface area (Å²) in [6, 6.07) is 18.5. The summed E-state index contributed by atoms with van der Waals surface area (Å²) in [5, 5.41) is 21.7.